The lowest BCUT2D eigenvalue weighted by Gasteiger charge is -1.97. The standard InChI is InChI=1S/C10H9N5O/c11-8-5-9(16)14-15(8)10-12-6-3-1-2-4-7(6)13-10/h1-5H,11H2,(H,12,13)(H,14,16). The van der Waals surface area contributed by atoms with Gasteiger partial charge in [0.05, 0.1) is 11.0 Å². The van der Waals surface area contributed by atoms with E-state index in [0.29, 0.717) is 11.8 Å². The van der Waals surface area contributed by atoms with E-state index in [2.05, 4.69) is 15.1 Å². The van der Waals surface area contributed by atoms with Crippen molar-refractivity contribution in [3.05, 3.63) is 40.7 Å². The molecule has 0 bridgehead atoms. The molecular formula is C10H9N5O. The van der Waals surface area contributed by atoms with Crippen LogP contribution in [0.5, 0.6) is 0 Å². The molecule has 0 radical (unpaired) electrons. The number of hydrogen-bond acceptors (Lipinski definition) is 3. The van der Waals surface area contributed by atoms with E-state index in [1.165, 1.54) is 10.7 Å². The number of benzene rings is 1. The highest BCUT2D eigenvalue weighted by atomic mass is 16.1. The number of aromatic nitrogens is 4. The quantitative estimate of drug-likeness (QED) is 0.555. The van der Waals surface area contributed by atoms with Gasteiger partial charge in [0.15, 0.2) is 0 Å². The number of fused-ring (bicyclic) bond motifs is 1. The van der Waals surface area contributed by atoms with Gasteiger partial charge in [-0.25, -0.2) is 9.67 Å². The molecule has 2 aromatic heterocycles. The summed E-state index contributed by atoms with van der Waals surface area (Å²) < 4.78 is 1.42. The summed E-state index contributed by atoms with van der Waals surface area (Å²) in [6.07, 6.45) is 0. The molecule has 80 valence electrons. The average molecular weight is 215 g/mol. The van der Waals surface area contributed by atoms with E-state index in [1.54, 1.807) is 0 Å². The highest BCUT2D eigenvalue weighted by Gasteiger charge is 2.07. The second-order valence-corrected chi connectivity index (χ2v) is 3.46. The van der Waals surface area contributed by atoms with Gasteiger partial charge in [-0.05, 0) is 12.1 Å². The van der Waals surface area contributed by atoms with Crippen LogP contribution in [0.1, 0.15) is 0 Å². The van der Waals surface area contributed by atoms with Gasteiger partial charge in [0, 0.05) is 6.07 Å². The third-order valence-electron chi connectivity index (χ3n) is 2.35. The number of aromatic amines is 2. The molecule has 3 rings (SSSR count). The van der Waals surface area contributed by atoms with Crippen molar-refractivity contribution in [2.24, 2.45) is 0 Å². The molecule has 1 aromatic carbocycles. The third-order valence-corrected chi connectivity index (χ3v) is 2.35. The number of para-hydroxylation sites is 2. The molecule has 0 saturated carbocycles. The molecule has 0 fully saturated rings. The van der Waals surface area contributed by atoms with E-state index < -0.39 is 0 Å². The lowest BCUT2D eigenvalue weighted by molar-refractivity contribution is 0.826. The van der Waals surface area contributed by atoms with E-state index in [0.717, 1.165) is 11.0 Å². The Labute approximate surface area is 89.7 Å². The lowest BCUT2D eigenvalue weighted by atomic mass is 10.3. The second-order valence-electron chi connectivity index (χ2n) is 3.46. The summed E-state index contributed by atoms with van der Waals surface area (Å²) in [5.41, 5.74) is 7.14. The molecule has 6 heteroatoms. The number of hydrogen-bond donors (Lipinski definition) is 3. The van der Waals surface area contributed by atoms with Gasteiger partial charge >= 0.3 is 0 Å². The van der Waals surface area contributed by atoms with E-state index in [9.17, 15) is 4.79 Å². The van der Waals surface area contributed by atoms with E-state index in [-0.39, 0.29) is 5.56 Å². The largest absolute Gasteiger partial charge is 0.383 e. The Morgan fingerprint density at radius 3 is 2.81 bits per heavy atom. The first-order valence-electron chi connectivity index (χ1n) is 4.77. The number of rotatable bonds is 1. The zero-order chi connectivity index (χ0) is 11.1. The van der Waals surface area contributed by atoms with Gasteiger partial charge in [0.1, 0.15) is 5.82 Å². The van der Waals surface area contributed by atoms with Gasteiger partial charge in [-0.2, -0.15) is 0 Å². The number of nitrogens with one attached hydrogen (secondary N) is 2. The van der Waals surface area contributed by atoms with Crippen molar-refractivity contribution in [3.63, 3.8) is 0 Å². The van der Waals surface area contributed by atoms with Crippen molar-refractivity contribution >= 4 is 16.9 Å². The summed E-state index contributed by atoms with van der Waals surface area (Å²) >= 11 is 0. The summed E-state index contributed by atoms with van der Waals surface area (Å²) in [7, 11) is 0. The van der Waals surface area contributed by atoms with E-state index in [4.69, 9.17) is 5.73 Å². The Bertz CT molecular complexity index is 672. The Balaban J connectivity index is 2.26. The van der Waals surface area contributed by atoms with Crippen LogP contribution in [0, 0.1) is 0 Å². The Morgan fingerprint density at radius 1 is 1.31 bits per heavy atom. The molecule has 6 nitrogen and oxygen atoms in total. The maximum atomic E-state index is 11.1. The van der Waals surface area contributed by atoms with Gasteiger partial charge in [0.2, 0.25) is 5.95 Å². The first-order valence-corrected chi connectivity index (χ1v) is 4.77. The van der Waals surface area contributed by atoms with Crippen molar-refractivity contribution in [1.82, 2.24) is 19.7 Å². The Morgan fingerprint density at radius 2 is 2.12 bits per heavy atom. The minimum atomic E-state index is -0.252. The molecule has 0 spiro atoms. The third kappa shape index (κ3) is 1.20. The van der Waals surface area contributed by atoms with Crippen molar-refractivity contribution in [1.29, 1.82) is 0 Å². The molecule has 0 aliphatic carbocycles. The first-order chi connectivity index (χ1) is 7.74. The predicted octanol–water partition coefficient (Wildman–Crippen LogP) is 0.624. The van der Waals surface area contributed by atoms with Crippen molar-refractivity contribution < 1.29 is 0 Å². The SMILES string of the molecule is Nc1cc(=O)[nH]n1-c1nc2ccccc2[nH]1. The zero-order valence-corrected chi connectivity index (χ0v) is 8.27. The highest BCUT2D eigenvalue weighted by Crippen LogP contribution is 2.13. The molecule has 0 atom stereocenters. The van der Waals surface area contributed by atoms with Crippen molar-refractivity contribution in [2.75, 3.05) is 5.73 Å². The molecule has 16 heavy (non-hydrogen) atoms. The van der Waals surface area contributed by atoms with Crippen LogP contribution >= 0.6 is 0 Å². The number of nitrogens with zero attached hydrogens (tertiary/aromatic N) is 2. The van der Waals surface area contributed by atoms with Crippen molar-refractivity contribution in [2.45, 2.75) is 0 Å². The number of nitrogen functional groups attached to an aromatic ring is 1. The maximum absolute atomic E-state index is 11.1. The van der Waals surface area contributed by atoms with Crippen LogP contribution in [-0.2, 0) is 0 Å². The fraction of sp³-hybridized carbons (Fsp3) is 0. The fourth-order valence-corrected chi connectivity index (χ4v) is 1.63. The van der Waals surface area contributed by atoms with Crippen LogP contribution in [0.4, 0.5) is 5.82 Å². The summed E-state index contributed by atoms with van der Waals surface area (Å²) in [6, 6.07) is 8.91. The first kappa shape index (κ1) is 8.78. The molecule has 0 aliphatic rings. The van der Waals surface area contributed by atoms with Crippen LogP contribution in [0.25, 0.3) is 17.0 Å². The van der Waals surface area contributed by atoms with Crippen LogP contribution in [-0.4, -0.2) is 19.7 Å². The molecule has 4 N–H and O–H groups in total. The van der Waals surface area contributed by atoms with Crippen LogP contribution < -0.4 is 11.3 Å². The normalized spacial score (nSPS) is 11.0. The van der Waals surface area contributed by atoms with Gasteiger partial charge in [-0.3, -0.25) is 9.89 Å². The van der Waals surface area contributed by atoms with E-state index in [1.807, 2.05) is 24.3 Å². The number of H-pyrrole nitrogens is 2. The topological polar surface area (TPSA) is 92.5 Å². The Kier molecular flexibility index (Phi) is 1.64. The summed E-state index contributed by atoms with van der Waals surface area (Å²) in [5, 5.41) is 2.56. The molecular weight excluding hydrogens is 206 g/mol. The lowest BCUT2D eigenvalue weighted by Crippen LogP contribution is -2.06. The number of anilines is 1. The van der Waals surface area contributed by atoms with Crippen LogP contribution in [0.2, 0.25) is 0 Å². The van der Waals surface area contributed by atoms with Crippen molar-refractivity contribution in [3.8, 4) is 5.95 Å². The van der Waals surface area contributed by atoms with E-state index >= 15 is 0 Å². The smallest absolute Gasteiger partial charge is 0.266 e. The van der Waals surface area contributed by atoms with Crippen LogP contribution in [0.15, 0.2) is 35.1 Å². The number of imidazole rings is 1. The predicted molar refractivity (Wildman–Crippen MR) is 60.5 cm³/mol. The van der Waals surface area contributed by atoms with Gasteiger partial charge in [-0.1, -0.05) is 12.1 Å². The zero-order valence-electron chi connectivity index (χ0n) is 8.27. The van der Waals surface area contributed by atoms with Gasteiger partial charge < -0.3 is 10.7 Å². The maximum Gasteiger partial charge on any atom is 0.266 e. The van der Waals surface area contributed by atoms with Crippen LogP contribution in [0.3, 0.4) is 0 Å². The second kappa shape index (κ2) is 2.99. The number of nitrogens with two attached hydrogens (primary N) is 1. The summed E-state index contributed by atoms with van der Waals surface area (Å²) in [4.78, 5) is 18.5. The monoisotopic (exact) mass is 215 g/mol. The minimum Gasteiger partial charge on any atom is -0.383 e. The molecule has 0 aliphatic heterocycles. The average Bonchev–Trinajstić information content (AvgIpc) is 2.81. The Hall–Kier alpha value is -2.50. The molecule has 0 unspecified atom stereocenters. The summed E-state index contributed by atoms with van der Waals surface area (Å²) in [5.74, 6) is 0.824. The molecule has 0 saturated heterocycles. The summed E-state index contributed by atoms with van der Waals surface area (Å²) in [6.45, 7) is 0. The van der Waals surface area contributed by atoms with Gasteiger partial charge in [0.25, 0.3) is 5.56 Å². The van der Waals surface area contributed by atoms with Gasteiger partial charge in [-0.15, -0.1) is 0 Å². The molecule has 2 heterocycles. The molecule has 3 aromatic rings. The minimum absolute atomic E-state index is 0.252. The fourth-order valence-electron chi connectivity index (χ4n) is 1.63. The molecule has 0 amide bonds. The highest BCUT2D eigenvalue weighted by molar-refractivity contribution is 5.76.